The van der Waals surface area contributed by atoms with Crippen LogP contribution in [0.1, 0.15) is 32.1 Å². The number of anilines is 2. The highest BCUT2D eigenvalue weighted by atomic mass is 16.5. The molecule has 0 amide bonds. The Morgan fingerprint density at radius 2 is 1.30 bits per heavy atom. The van der Waals surface area contributed by atoms with Crippen LogP contribution in [-0.2, 0) is 18.8 Å². The van der Waals surface area contributed by atoms with Crippen LogP contribution in [0.15, 0.2) is 38.9 Å². The fraction of sp³-hybridized carbons (Fsp3) is 0.280. The van der Waals surface area contributed by atoms with E-state index in [0.717, 1.165) is 0 Å². The van der Waals surface area contributed by atoms with Crippen molar-refractivity contribution in [1.29, 1.82) is 0 Å². The number of methoxy groups -OCH3 is 2. The van der Waals surface area contributed by atoms with Gasteiger partial charge in [-0.2, -0.15) is 39.7 Å². The predicted octanol–water partition coefficient (Wildman–Crippen LogP) is 1.90. The number of aliphatic hydroxyl groups is 1. The number of hydrogen-bond donors (Lipinski definition) is 3. The Morgan fingerprint density at radius 3 is 1.76 bits per heavy atom. The average Bonchev–Trinajstić information content (AvgIpc) is 3.77. The molecule has 0 bridgehead atoms. The van der Waals surface area contributed by atoms with E-state index >= 15 is 0 Å². The second kappa shape index (κ2) is 12.3. The highest BCUT2D eigenvalue weighted by Gasteiger charge is 2.22. The van der Waals surface area contributed by atoms with Crippen molar-refractivity contribution in [2.75, 3.05) is 32.3 Å². The minimum absolute atomic E-state index is 0.0568. The van der Waals surface area contributed by atoms with Gasteiger partial charge in [-0.05, 0) is 13.8 Å². The first-order valence-corrected chi connectivity index (χ1v) is 13.2. The molecular weight excluding hydrogens is 604 g/mol. The van der Waals surface area contributed by atoms with Crippen LogP contribution in [0.5, 0.6) is 6.01 Å². The van der Waals surface area contributed by atoms with Crippen LogP contribution in [0, 0.1) is 13.8 Å². The molecule has 0 saturated heterocycles. The summed E-state index contributed by atoms with van der Waals surface area (Å²) in [5.41, 5.74) is 14.2. The summed E-state index contributed by atoms with van der Waals surface area (Å²) in [6.07, 6.45) is 2.60. The second-order valence-corrected chi connectivity index (χ2v) is 9.52. The van der Waals surface area contributed by atoms with E-state index in [-0.39, 0.29) is 63.4 Å². The minimum atomic E-state index is -0.712. The van der Waals surface area contributed by atoms with Gasteiger partial charge in [0.25, 0.3) is 0 Å². The van der Waals surface area contributed by atoms with Gasteiger partial charge in [0, 0.05) is 20.2 Å². The molecule has 46 heavy (non-hydrogen) atoms. The first kappa shape index (κ1) is 31.1. The van der Waals surface area contributed by atoms with Crippen LogP contribution in [0.3, 0.4) is 0 Å². The van der Waals surface area contributed by atoms with Crippen LogP contribution in [0.2, 0.25) is 0 Å². The highest BCUT2D eigenvalue weighted by Crippen LogP contribution is 2.34. The van der Waals surface area contributed by atoms with E-state index in [4.69, 9.17) is 20.9 Å². The summed E-state index contributed by atoms with van der Waals surface area (Å²) in [6.45, 7) is 2.61. The van der Waals surface area contributed by atoms with Gasteiger partial charge in [-0.3, -0.25) is 4.79 Å². The van der Waals surface area contributed by atoms with Gasteiger partial charge in [0.2, 0.25) is 0 Å². The number of aromatic nitrogens is 10. The number of ether oxygens (including phenoxy) is 2. The molecule has 5 rings (SSSR count). The number of carbonyl (C=O) groups excluding carboxylic acids is 2. The standard InChI is InChI=1S/C25H28N16O5/c1-11-18(32-34-22-13(15(43)10-42)8-28-38(22)3)20(26)40(36-11)16-7-17(31-25(30-16)46-6)41-21(27)19(12(2)37-41)33-35-23-14(24(44)45-5)9-29-39(23)4/h7-9,42H,10,26-27H2,1-6H3/b34-32+,35-33+. The zero-order valence-electron chi connectivity index (χ0n) is 25.4. The molecule has 0 radical (unpaired) electrons. The third-order valence-corrected chi connectivity index (χ3v) is 6.58. The van der Waals surface area contributed by atoms with Crippen LogP contribution >= 0.6 is 0 Å². The number of aliphatic hydroxyl groups excluding tert-OH is 1. The number of nitrogens with two attached hydrogens (primary N) is 2. The van der Waals surface area contributed by atoms with Crippen LogP contribution in [0.25, 0.3) is 11.6 Å². The zero-order chi connectivity index (χ0) is 33.3. The van der Waals surface area contributed by atoms with E-state index in [0.29, 0.717) is 11.4 Å². The Balaban J connectivity index is 1.53. The normalized spacial score (nSPS) is 11.6. The zero-order valence-corrected chi connectivity index (χ0v) is 25.4. The van der Waals surface area contributed by atoms with Crippen LogP contribution in [0.4, 0.5) is 34.6 Å². The summed E-state index contributed by atoms with van der Waals surface area (Å²) in [5, 5.41) is 42.9. The Labute approximate surface area is 259 Å². The quantitative estimate of drug-likeness (QED) is 0.113. The van der Waals surface area contributed by atoms with Crippen LogP contribution < -0.4 is 16.2 Å². The van der Waals surface area contributed by atoms with Crippen molar-refractivity contribution in [3.8, 4) is 17.6 Å². The van der Waals surface area contributed by atoms with Crippen molar-refractivity contribution in [3.05, 3.63) is 41.0 Å². The number of Topliss-reactive ketones (excluding diaryl/α,β-unsaturated/α-hetero) is 1. The van der Waals surface area contributed by atoms with Crippen molar-refractivity contribution in [1.82, 2.24) is 49.1 Å². The third-order valence-electron chi connectivity index (χ3n) is 6.58. The highest BCUT2D eigenvalue weighted by molar-refractivity contribution is 6.00. The Hall–Kier alpha value is -6.38. The number of aryl methyl sites for hydroxylation is 4. The molecule has 5 aromatic rings. The van der Waals surface area contributed by atoms with Crippen molar-refractivity contribution in [2.45, 2.75) is 13.8 Å². The number of rotatable bonds is 10. The summed E-state index contributed by atoms with van der Waals surface area (Å²) >= 11 is 0. The van der Waals surface area contributed by atoms with Gasteiger partial charge in [-0.25, -0.2) is 14.2 Å². The molecule has 5 N–H and O–H groups in total. The molecular formula is C25H28N16O5. The molecule has 21 heteroatoms. The number of azo groups is 2. The number of hydrogen-bond acceptors (Lipinski definition) is 17. The maximum absolute atomic E-state index is 12.1. The summed E-state index contributed by atoms with van der Waals surface area (Å²) < 4.78 is 15.4. The number of nitrogens with zero attached hydrogens (tertiary/aromatic N) is 14. The van der Waals surface area contributed by atoms with Gasteiger partial charge < -0.3 is 26.0 Å². The fourth-order valence-electron chi connectivity index (χ4n) is 4.21. The van der Waals surface area contributed by atoms with E-state index in [1.54, 1.807) is 27.9 Å². The van der Waals surface area contributed by atoms with Gasteiger partial charge in [-0.1, -0.05) is 0 Å². The van der Waals surface area contributed by atoms with Gasteiger partial charge >= 0.3 is 12.0 Å². The third kappa shape index (κ3) is 5.52. The molecule has 0 atom stereocenters. The SMILES string of the molecule is COC(=O)c1cnn(C)c1/N=N/c1c(C)nn(-c2cc(-n3nc(C)c(/N=N/c4c(C(=O)CO)cnn4C)c3N)nc(OC)n2)c1N. The van der Waals surface area contributed by atoms with E-state index in [9.17, 15) is 14.7 Å². The van der Waals surface area contributed by atoms with E-state index in [1.165, 1.54) is 51.4 Å². The number of esters is 1. The topological polar surface area (TPSA) is 271 Å². The van der Waals surface area contributed by atoms with Crippen molar-refractivity contribution in [3.63, 3.8) is 0 Å². The Morgan fingerprint density at radius 1 is 0.826 bits per heavy atom. The molecule has 0 unspecified atom stereocenters. The monoisotopic (exact) mass is 632 g/mol. The smallest absolute Gasteiger partial charge is 0.343 e. The Kier molecular flexibility index (Phi) is 8.31. The molecule has 0 aliphatic rings. The first-order valence-electron chi connectivity index (χ1n) is 13.2. The fourth-order valence-corrected chi connectivity index (χ4v) is 4.21. The van der Waals surface area contributed by atoms with Crippen LogP contribution in [-0.4, -0.2) is 86.8 Å². The lowest BCUT2D eigenvalue weighted by atomic mass is 10.2. The molecule has 0 fully saturated rings. The number of nitrogen functional groups attached to an aromatic ring is 2. The number of carbonyl (C=O) groups is 2. The molecule has 0 aliphatic heterocycles. The summed E-state index contributed by atoms with van der Waals surface area (Å²) in [7, 11) is 5.80. The maximum atomic E-state index is 12.1. The number of ketones is 1. The maximum Gasteiger partial charge on any atom is 0.343 e. The summed E-state index contributed by atoms with van der Waals surface area (Å²) in [6, 6.07) is 1.45. The molecule has 0 aromatic carbocycles. The summed E-state index contributed by atoms with van der Waals surface area (Å²) in [5.74, 6) is -0.435. The van der Waals surface area contributed by atoms with Crippen molar-refractivity contribution < 1.29 is 24.2 Å². The van der Waals surface area contributed by atoms with E-state index < -0.39 is 18.4 Å². The van der Waals surface area contributed by atoms with Crippen molar-refractivity contribution in [2.24, 2.45) is 34.6 Å². The minimum Gasteiger partial charge on any atom is -0.467 e. The van der Waals surface area contributed by atoms with Gasteiger partial charge in [0.1, 0.15) is 12.2 Å². The van der Waals surface area contributed by atoms with E-state index in [2.05, 4.69) is 50.8 Å². The van der Waals surface area contributed by atoms with Crippen molar-refractivity contribution >= 4 is 46.4 Å². The summed E-state index contributed by atoms with van der Waals surface area (Å²) in [4.78, 5) is 32.9. The van der Waals surface area contributed by atoms with E-state index in [1.807, 2.05) is 0 Å². The predicted molar refractivity (Wildman–Crippen MR) is 159 cm³/mol. The lowest BCUT2D eigenvalue weighted by Crippen LogP contribution is -2.10. The second-order valence-electron chi connectivity index (χ2n) is 9.52. The lowest BCUT2D eigenvalue weighted by molar-refractivity contribution is 0.0601. The molecule has 0 spiro atoms. The molecule has 0 saturated carbocycles. The largest absolute Gasteiger partial charge is 0.467 e. The lowest BCUT2D eigenvalue weighted by Gasteiger charge is -2.09. The Bertz CT molecular complexity index is 1890. The molecule has 21 nitrogen and oxygen atoms in total. The van der Waals surface area contributed by atoms with Gasteiger partial charge in [-0.15, -0.1) is 20.5 Å². The first-order chi connectivity index (χ1) is 22.0. The average molecular weight is 633 g/mol. The van der Waals surface area contributed by atoms with Gasteiger partial charge in [0.05, 0.1) is 43.6 Å². The molecule has 0 aliphatic carbocycles. The molecule has 238 valence electrons. The molecule has 5 aromatic heterocycles. The van der Waals surface area contributed by atoms with Gasteiger partial charge in [0.15, 0.2) is 52.1 Å². The molecule has 5 heterocycles.